The summed E-state index contributed by atoms with van der Waals surface area (Å²) < 4.78 is 10.6. The molecule has 1 aromatic rings. The highest BCUT2D eigenvalue weighted by Gasteiger charge is 2.46. The van der Waals surface area contributed by atoms with Crippen LogP contribution in [0.1, 0.15) is 46.1 Å². The molecule has 0 spiro atoms. The average Bonchev–Trinajstić information content (AvgIpc) is 2.52. The molecule has 0 radical (unpaired) electrons. The van der Waals surface area contributed by atoms with Crippen molar-refractivity contribution in [3.05, 3.63) is 34.9 Å². The van der Waals surface area contributed by atoms with E-state index in [2.05, 4.69) is 0 Å². The number of rotatable bonds is 8. The summed E-state index contributed by atoms with van der Waals surface area (Å²) in [5.74, 6) is -0.837. The normalized spacial score (nSPS) is 11.4. The highest BCUT2D eigenvalue weighted by Crippen LogP contribution is 2.31. The van der Waals surface area contributed by atoms with Crippen molar-refractivity contribution in [3.8, 4) is 0 Å². The summed E-state index contributed by atoms with van der Waals surface area (Å²) in [5.41, 5.74) is -0.462. The van der Waals surface area contributed by atoms with Gasteiger partial charge in [0.25, 0.3) is 0 Å². The van der Waals surface area contributed by atoms with Crippen molar-refractivity contribution in [1.29, 1.82) is 0 Å². The van der Waals surface area contributed by atoms with Crippen molar-refractivity contribution in [2.75, 3.05) is 6.61 Å². The maximum Gasteiger partial charge on any atom is 0.323 e. The van der Waals surface area contributed by atoms with Crippen LogP contribution in [0.15, 0.2) is 24.3 Å². The molecule has 0 aliphatic rings. The molecule has 0 amide bonds. The molecule has 0 saturated carbocycles. The molecule has 4 nitrogen and oxygen atoms in total. The first-order chi connectivity index (χ1) is 10.9. The molecule has 1 aromatic carbocycles. The van der Waals surface area contributed by atoms with E-state index in [1.807, 2.05) is 19.9 Å². The Balaban J connectivity index is 2.78. The average molecular weight is 341 g/mol. The third-order valence-corrected chi connectivity index (χ3v) is 4.03. The topological polar surface area (TPSA) is 52.6 Å². The molecule has 128 valence electrons. The second-order valence-electron chi connectivity index (χ2n) is 5.99. The number of halogens is 1. The van der Waals surface area contributed by atoms with Crippen molar-refractivity contribution in [3.63, 3.8) is 0 Å². The molecule has 0 bridgehead atoms. The number of carbonyl (C=O) groups excluding carboxylic acids is 2. The molecular weight excluding hydrogens is 316 g/mol. The zero-order valence-electron chi connectivity index (χ0n) is 14.2. The molecule has 0 fully saturated rings. The fraction of sp³-hybridized carbons (Fsp3) is 0.556. The van der Waals surface area contributed by atoms with Crippen molar-refractivity contribution < 1.29 is 19.1 Å². The van der Waals surface area contributed by atoms with Gasteiger partial charge in [-0.25, -0.2) is 0 Å². The van der Waals surface area contributed by atoms with Gasteiger partial charge in [-0.3, -0.25) is 9.59 Å². The first-order valence-electron chi connectivity index (χ1n) is 7.94. The molecule has 0 atom stereocenters. The molecule has 0 aliphatic heterocycles. The molecular formula is C18H25ClO4. The zero-order chi connectivity index (χ0) is 17.5. The summed E-state index contributed by atoms with van der Waals surface area (Å²) in [7, 11) is 0. The van der Waals surface area contributed by atoms with E-state index in [0.29, 0.717) is 24.5 Å². The van der Waals surface area contributed by atoms with Gasteiger partial charge in [0.15, 0.2) is 5.41 Å². The minimum atomic E-state index is -1.24. The van der Waals surface area contributed by atoms with Gasteiger partial charge in [0.05, 0.1) is 6.61 Å². The van der Waals surface area contributed by atoms with Gasteiger partial charge in [-0.2, -0.15) is 0 Å². The molecule has 23 heavy (non-hydrogen) atoms. The van der Waals surface area contributed by atoms with Gasteiger partial charge in [0.2, 0.25) is 0 Å². The lowest BCUT2D eigenvalue weighted by Crippen LogP contribution is -2.41. The lowest BCUT2D eigenvalue weighted by molar-refractivity contribution is -0.174. The third-order valence-electron chi connectivity index (χ3n) is 3.80. The molecule has 0 aromatic heterocycles. The number of ether oxygens (including phenoxy) is 2. The van der Waals surface area contributed by atoms with Crippen molar-refractivity contribution in [2.24, 2.45) is 11.3 Å². The minimum absolute atomic E-state index is 0.0819. The number of carbonyl (C=O) groups is 2. The van der Waals surface area contributed by atoms with Crippen LogP contribution in [-0.2, 0) is 25.7 Å². The van der Waals surface area contributed by atoms with Gasteiger partial charge in [0, 0.05) is 5.02 Å². The second kappa shape index (κ2) is 8.92. The van der Waals surface area contributed by atoms with Crippen LogP contribution in [0.3, 0.4) is 0 Å². The molecule has 0 heterocycles. The standard InChI is InChI=1S/C18H25ClO4/c1-5-18(6-2,16(20)22-11-13(3)4)17(21)23-12-14-8-7-9-15(19)10-14/h7-10,13H,5-6,11-12H2,1-4H3. The molecule has 0 N–H and O–H groups in total. The Kier molecular flexibility index (Phi) is 7.56. The number of benzene rings is 1. The maximum atomic E-state index is 12.5. The van der Waals surface area contributed by atoms with Crippen LogP contribution in [0, 0.1) is 11.3 Å². The van der Waals surface area contributed by atoms with E-state index in [0.717, 1.165) is 5.56 Å². The van der Waals surface area contributed by atoms with Gasteiger partial charge in [0.1, 0.15) is 6.61 Å². The van der Waals surface area contributed by atoms with Crippen LogP contribution < -0.4 is 0 Å². The van der Waals surface area contributed by atoms with E-state index in [-0.39, 0.29) is 12.5 Å². The second-order valence-corrected chi connectivity index (χ2v) is 6.42. The number of hydrogen-bond donors (Lipinski definition) is 0. The summed E-state index contributed by atoms with van der Waals surface area (Å²) in [6.45, 7) is 7.86. The van der Waals surface area contributed by atoms with Crippen LogP contribution in [0.4, 0.5) is 0 Å². The van der Waals surface area contributed by atoms with Crippen molar-refractivity contribution in [2.45, 2.75) is 47.1 Å². The van der Waals surface area contributed by atoms with Crippen LogP contribution >= 0.6 is 11.6 Å². The number of hydrogen-bond acceptors (Lipinski definition) is 4. The molecule has 0 aliphatic carbocycles. The summed E-state index contributed by atoms with van der Waals surface area (Å²) >= 11 is 5.91. The predicted molar refractivity (Wildman–Crippen MR) is 90.1 cm³/mol. The van der Waals surface area contributed by atoms with Gasteiger partial charge < -0.3 is 9.47 Å². The SMILES string of the molecule is CCC(CC)(C(=O)OCc1cccc(Cl)c1)C(=O)OCC(C)C. The maximum absolute atomic E-state index is 12.5. The van der Waals surface area contributed by atoms with Crippen LogP contribution in [-0.4, -0.2) is 18.5 Å². The smallest absolute Gasteiger partial charge is 0.323 e. The Labute approximate surface area is 143 Å². The molecule has 5 heteroatoms. The van der Waals surface area contributed by atoms with Gasteiger partial charge >= 0.3 is 11.9 Å². The number of esters is 2. The Bertz CT molecular complexity index is 536. The largest absolute Gasteiger partial charge is 0.465 e. The lowest BCUT2D eigenvalue weighted by atomic mass is 9.82. The molecule has 0 unspecified atom stereocenters. The van der Waals surface area contributed by atoms with Gasteiger partial charge in [-0.1, -0.05) is 51.4 Å². The molecule has 0 saturated heterocycles. The van der Waals surface area contributed by atoms with Crippen LogP contribution in [0.25, 0.3) is 0 Å². The van der Waals surface area contributed by atoms with Gasteiger partial charge in [-0.05, 0) is 36.5 Å². The lowest BCUT2D eigenvalue weighted by Gasteiger charge is -2.27. The van der Waals surface area contributed by atoms with E-state index >= 15 is 0 Å². The fourth-order valence-corrected chi connectivity index (χ4v) is 2.42. The third kappa shape index (κ3) is 5.24. The quantitative estimate of drug-likeness (QED) is 0.520. The monoisotopic (exact) mass is 340 g/mol. The Morgan fingerprint density at radius 1 is 1.13 bits per heavy atom. The van der Waals surface area contributed by atoms with Crippen molar-refractivity contribution >= 4 is 23.5 Å². The Morgan fingerprint density at radius 2 is 1.74 bits per heavy atom. The molecule has 1 rings (SSSR count). The van der Waals surface area contributed by atoms with E-state index in [1.165, 1.54) is 0 Å². The Hall–Kier alpha value is -1.55. The summed E-state index contributed by atoms with van der Waals surface area (Å²) in [6.07, 6.45) is 0.684. The van der Waals surface area contributed by atoms with E-state index in [9.17, 15) is 9.59 Å². The first kappa shape index (κ1) is 19.5. The highest BCUT2D eigenvalue weighted by atomic mass is 35.5. The van der Waals surface area contributed by atoms with Gasteiger partial charge in [-0.15, -0.1) is 0 Å². The Morgan fingerprint density at radius 3 is 2.26 bits per heavy atom. The van der Waals surface area contributed by atoms with E-state index in [4.69, 9.17) is 21.1 Å². The van der Waals surface area contributed by atoms with E-state index < -0.39 is 17.4 Å². The summed E-state index contributed by atoms with van der Waals surface area (Å²) in [6, 6.07) is 7.08. The van der Waals surface area contributed by atoms with Crippen LogP contribution in [0.5, 0.6) is 0 Å². The van der Waals surface area contributed by atoms with Crippen molar-refractivity contribution in [1.82, 2.24) is 0 Å². The fourth-order valence-electron chi connectivity index (χ4n) is 2.20. The predicted octanol–water partition coefficient (Wildman–Crippen LogP) is 4.39. The van der Waals surface area contributed by atoms with E-state index in [1.54, 1.807) is 32.0 Å². The zero-order valence-corrected chi connectivity index (χ0v) is 15.0. The highest BCUT2D eigenvalue weighted by molar-refractivity contribution is 6.30. The minimum Gasteiger partial charge on any atom is -0.465 e. The summed E-state index contributed by atoms with van der Waals surface area (Å²) in [4.78, 5) is 24.9. The first-order valence-corrected chi connectivity index (χ1v) is 8.32. The van der Waals surface area contributed by atoms with Crippen LogP contribution in [0.2, 0.25) is 5.02 Å². The summed E-state index contributed by atoms with van der Waals surface area (Å²) in [5, 5.41) is 0.576.